The summed E-state index contributed by atoms with van der Waals surface area (Å²) < 4.78 is 21.7. The molecule has 1 aliphatic rings. The molecular formula is C32H58O10. The van der Waals surface area contributed by atoms with Gasteiger partial charge >= 0.3 is 11.9 Å². The van der Waals surface area contributed by atoms with Gasteiger partial charge in [0, 0.05) is 12.8 Å². The largest absolute Gasteiger partial charge is 0.462 e. The molecule has 0 aliphatic carbocycles. The summed E-state index contributed by atoms with van der Waals surface area (Å²) in [5.41, 5.74) is 0. The van der Waals surface area contributed by atoms with Crippen LogP contribution < -0.4 is 0 Å². The van der Waals surface area contributed by atoms with E-state index in [0.717, 1.165) is 44.9 Å². The van der Waals surface area contributed by atoms with Gasteiger partial charge in [-0.2, -0.15) is 0 Å². The van der Waals surface area contributed by atoms with E-state index in [-0.39, 0.29) is 26.1 Å². The van der Waals surface area contributed by atoms with Crippen molar-refractivity contribution in [2.45, 2.75) is 160 Å². The molecule has 0 saturated carbocycles. The van der Waals surface area contributed by atoms with Crippen LogP contribution in [-0.2, 0) is 28.5 Å². The van der Waals surface area contributed by atoms with Crippen molar-refractivity contribution in [2.75, 3.05) is 19.8 Å². The highest BCUT2D eigenvalue weighted by molar-refractivity contribution is 5.70. The maximum atomic E-state index is 12.5. The highest BCUT2D eigenvalue weighted by Crippen LogP contribution is 2.22. The summed E-state index contributed by atoms with van der Waals surface area (Å²) in [6, 6.07) is 0. The molecule has 6 unspecified atom stereocenters. The molecular weight excluding hydrogens is 544 g/mol. The topological polar surface area (TPSA) is 152 Å². The van der Waals surface area contributed by atoms with Crippen molar-refractivity contribution in [1.82, 2.24) is 0 Å². The van der Waals surface area contributed by atoms with E-state index in [9.17, 15) is 30.0 Å². The van der Waals surface area contributed by atoms with Crippen molar-refractivity contribution in [1.29, 1.82) is 0 Å². The van der Waals surface area contributed by atoms with E-state index in [4.69, 9.17) is 18.9 Å². The van der Waals surface area contributed by atoms with Gasteiger partial charge in [0.05, 0.1) is 13.2 Å². The number of hydrogen-bond acceptors (Lipinski definition) is 10. The Bertz CT molecular complexity index is 713. The molecule has 0 spiro atoms. The van der Waals surface area contributed by atoms with E-state index < -0.39 is 55.4 Å². The summed E-state index contributed by atoms with van der Waals surface area (Å²) in [4.78, 5) is 24.6. The van der Waals surface area contributed by atoms with Crippen LogP contribution >= 0.6 is 0 Å². The molecule has 0 radical (unpaired) electrons. The lowest BCUT2D eigenvalue weighted by molar-refractivity contribution is -0.305. The van der Waals surface area contributed by atoms with Crippen molar-refractivity contribution in [3.63, 3.8) is 0 Å². The Morgan fingerprint density at radius 1 is 0.714 bits per heavy atom. The number of allylic oxidation sites excluding steroid dienone is 2. The fraction of sp³-hybridized carbons (Fsp3) is 0.875. The second-order valence-electron chi connectivity index (χ2n) is 11.3. The molecule has 10 nitrogen and oxygen atoms in total. The zero-order valence-electron chi connectivity index (χ0n) is 26.0. The van der Waals surface area contributed by atoms with Crippen LogP contribution in [-0.4, -0.2) is 89.0 Å². The number of carbonyl (C=O) groups is 2. The summed E-state index contributed by atoms with van der Waals surface area (Å²) in [6.07, 6.45) is 13.2. The minimum absolute atomic E-state index is 0.221. The van der Waals surface area contributed by atoms with Crippen LogP contribution in [0.4, 0.5) is 0 Å². The molecule has 0 aromatic carbocycles. The molecule has 1 saturated heterocycles. The van der Waals surface area contributed by atoms with Crippen molar-refractivity contribution in [2.24, 2.45) is 0 Å². The molecule has 42 heavy (non-hydrogen) atoms. The predicted molar refractivity (Wildman–Crippen MR) is 160 cm³/mol. The molecule has 0 bridgehead atoms. The van der Waals surface area contributed by atoms with E-state index in [1.165, 1.54) is 38.5 Å². The van der Waals surface area contributed by atoms with E-state index in [2.05, 4.69) is 19.1 Å². The van der Waals surface area contributed by atoms with Gasteiger partial charge in [0.1, 0.15) is 31.0 Å². The first kappa shape index (κ1) is 38.5. The lowest BCUT2D eigenvalue weighted by Gasteiger charge is -2.39. The van der Waals surface area contributed by atoms with Gasteiger partial charge < -0.3 is 39.4 Å². The minimum Gasteiger partial charge on any atom is -0.462 e. The zero-order chi connectivity index (χ0) is 31.0. The predicted octanol–water partition coefficient (Wildman–Crippen LogP) is 4.49. The van der Waals surface area contributed by atoms with E-state index in [1.54, 1.807) is 0 Å². The number of aliphatic hydroxyl groups is 4. The molecule has 1 rings (SSSR count). The Kier molecular flexibility index (Phi) is 22.7. The second kappa shape index (κ2) is 24.8. The third kappa shape index (κ3) is 17.5. The molecule has 246 valence electrons. The molecule has 1 fully saturated rings. The molecule has 1 aliphatic heterocycles. The van der Waals surface area contributed by atoms with E-state index in [1.807, 2.05) is 6.92 Å². The van der Waals surface area contributed by atoms with Crippen molar-refractivity contribution >= 4 is 11.9 Å². The quantitative estimate of drug-likeness (QED) is 0.0668. The van der Waals surface area contributed by atoms with Gasteiger partial charge in [0.2, 0.25) is 0 Å². The number of esters is 2. The fourth-order valence-corrected chi connectivity index (χ4v) is 4.71. The van der Waals surface area contributed by atoms with Gasteiger partial charge in [-0.05, 0) is 38.5 Å². The highest BCUT2D eigenvalue weighted by atomic mass is 16.7. The van der Waals surface area contributed by atoms with Crippen LogP contribution in [0.15, 0.2) is 12.2 Å². The maximum Gasteiger partial charge on any atom is 0.306 e. The molecule has 0 amide bonds. The van der Waals surface area contributed by atoms with Crippen LogP contribution in [0, 0.1) is 0 Å². The van der Waals surface area contributed by atoms with Gasteiger partial charge in [-0.25, -0.2) is 0 Å². The Balaban J connectivity index is 2.38. The Morgan fingerprint density at radius 3 is 1.90 bits per heavy atom. The standard InChI is InChI=1S/C32H58O10/c1-3-5-7-8-9-10-11-12-13-14-15-16-17-19-21-28(35)41-25(23-39-27(34)20-18-6-4-2)24-40-32-31(38)30(37)29(36)26(22-33)42-32/h11-12,25-26,29-33,36-38H,3-10,13-24H2,1-2H3/b12-11-. The minimum atomic E-state index is -1.59. The Labute approximate surface area is 252 Å². The maximum absolute atomic E-state index is 12.5. The van der Waals surface area contributed by atoms with Gasteiger partial charge in [-0.15, -0.1) is 0 Å². The summed E-state index contributed by atoms with van der Waals surface area (Å²) in [5, 5.41) is 39.5. The molecule has 4 N–H and O–H groups in total. The molecule has 0 aromatic heterocycles. The second-order valence-corrected chi connectivity index (χ2v) is 11.3. The van der Waals surface area contributed by atoms with Crippen LogP contribution in [0.5, 0.6) is 0 Å². The first-order valence-corrected chi connectivity index (χ1v) is 16.3. The fourth-order valence-electron chi connectivity index (χ4n) is 4.71. The zero-order valence-corrected chi connectivity index (χ0v) is 26.0. The monoisotopic (exact) mass is 602 g/mol. The third-order valence-corrected chi connectivity index (χ3v) is 7.40. The first-order valence-electron chi connectivity index (χ1n) is 16.3. The molecule has 1 heterocycles. The average Bonchev–Trinajstić information content (AvgIpc) is 2.98. The lowest BCUT2D eigenvalue weighted by atomic mass is 9.99. The van der Waals surface area contributed by atoms with E-state index in [0.29, 0.717) is 12.8 Å². The summed E-state index contributed by atoms with van der Waals surface area (Å²) >= 11 is 0. The summed E-state index contributed by atoms with van der Waals surface area (Å²) in [5.74, 6) is -0.847. The molecule has 6 atom stereocenters. The Morgan fingerprint density at radius 2 is 1.26 bits per heavy atom. The van der Waals surface area contributed by atoms with Gasteiger partial charge in [-0.1, -0.05) is 83.8 Å². The third-order valence-electron chi connectivity index (χ3n) is 7.40. The SMILES string of the molecule is CCCCCCC/C=C\CCCCCCCC(=O)OC(COC(=O)CCCCC)COC1OC(CO)C(O)C(O)C1O. The van der Waals surface area contributed by atoms with Gasteiger partial charge in [-0.3, -0.25) is 9.59 Å². The molecule has 10 heteroatoms. The average molecular weight is 603 g/mol. The molecule has 0 aromatic rings. The van der Waals surface area contributed by atoms with Crippen molar-refractivity contribution < 1.29 is 49.0 Å². The van der Waals surface area contributed by atoms with Gasteiger partial charge in [0.15, 0.2) is 12.4 Å². The highest BCUT2D eigenvalue weighted by Gasteiger charge is 2.44. The van der Waals surface area contributed by atoms with Crippen LogP contribution in [0.1, 0.15) is 123 Å². The smallest absolute Gasteiger partial charge is 0.306 e. The number of ether oxygens (including phenoxy) is 4. The van der Waals surface area contributed by atoms with Gasteiger partial charge in [0.25, 0.3) is 0 Å². The first-order chi connectivity index (χ1) is 20.3. The number of aliphatic hydroxyl groups excluding tert-OH is 4. The Hall–Kier alpha value is -1.56. The lowest BCUT2D eigenvalue weighted by Crippen LogP contribution is -2.59. The van der Waals surface area contributed by atoms with Crippen molar-refractivity contribution in [3.8, 4) is 0 Å². The number of rotatable bonds is 25. The number of carbonyl (C=O) groups excluding carboxylic acids is 2. The van der Waals surface area contributed by atoms with Crippen LogP contribution in [0.2, 0.25) is 0 Å². The van der Waals surface area contributed by atoms with Crippen LogP contribution in [0.3, 0.4) is 0 Å². The number of hydrogen-bond donors (Lipinski definition) is 4. The van der Waals surface area contributed by atoms with Crippen LogP contribution in [0.25, 0.3) is 0 Å². The van der Waals surface area contributed by atoms with E-state index >= 15 is 0 Å². The summed E-state index contributed by atoms with van der Waals surface area (Å²) in [6.45, 7) is 3.18. The van der Waals surface area contributed by atoms with Crippen molar-refractivity contribution in [3.05, 3.63) is 12.2 Å². The normalized spacial score (nSPS) is 23.2. The summed E-state index contributed by atoms with van der Waals surface area (Å²) in [7, 11) is 0. The number of unbranched alkanes of at least 4 members (excludes halogenated alkanes) is 12.